The molecule has 1 unspecified atom stereocenters. The number of aliphatic carboxylic acids is 1. The van der Waals surface area contributed by atoms with E-state index in [1.807, 2.05) is 0 Å². The number of nitrogens with zero attached hydrogens (tertiary/aromatic N) is 1. The van der Waals surface area contributed by atoms with Crippen molar-refractivity contribution in [1.82, 2.24) is 10.2 Å². The van der Waals surface area contributed by atoms with Crippen molar-refractivity contribution in [3.8, 4) is 0 Å². The number of amides is 2. The summed E-state index contributed by atoms with van der Waals surface area (Å²) >= 11 is 0. The van der Waals surface area contributed by atoms with Crippen molar-refractivity contribution in [2.75, 3.05) is 26.3 Å². The number of carbonyl (C=O) groups excluding carboxylic acids is 1. The number of ether oxygens (including phenoxy) is 1. The highest BCUT2D eigenvalue weighted by atomic mass is 16.5. The van der Waals surface area contributed by atoms with Gasteiger partial charge in [-0.05, 0) is 31.6 Å². The van der Waals surface area contributed by atoms with Gasteiger partial charge in [0.2, 0.25) is 0 Å². The van der Waals surface area contributed by atoms with Crippen LogP contribution in [0.1, 0.15) is 38.5 Å². The van der Waals surface area contributed by atoms with Gasteiger partial charge in [0.1, 0.15) is 6.04 Å². The van der Waals surface area contributed by atoms with Gasteiger partial charge in [-0.3, -0.25) is 0 Å². The Balaban J connectivity index is 1.86. The number of hydrogen-bond acceptors (Lipinski definition) is 3. The zero-order chi connectivity index (χ0) is 14.4. The molecule has 0 saturated carbocycles. The molecule has 114 valence electrons. The molecule has 1 atom stereocenters. The van der Waals surface area contributed by atoms with Crippen molar-refractivity contribution in [2.45, 2.75) is 44.6 Å². The average molecular weight is 284 g/mol. The molecule has 0 radical (unpaired) electrons. The Morgan fingerprint density at radius 3 is 2.60 bits per heavy atom. The number of urea groups is 1. The molecule has 0 bridgehead atoms. The second kappa shape index (κ2) is 7.47. The third-order valence-corrected chi connectivity index (χ3v) is 4.18. The standard InChI is InChI=1S/C14H24N2O4/c17-13(18)12-4-2-1-3-7-16(12)14(19)15-10-11-5-8-20-9-6-11/h11-12H,1-10H2,(H,15,19)(H,17,18). The lowest BCUT2D eigenvalue weighted by Crippen LogP contribution is -2.50. The van der Waals surface area contributed by atoms with E-state index in [4.69, 9.17) is 4.74 Å². The molecule has 2 amide bonds. The summed E-state index contributed by atoms with van der Waals surface area (Å²) in [5.74, 6) is -0.448. The van der Waals surface area contributed by atoms with Crippen LogP contribution in [0.5, 0.6) is 0 Å². The molecular formula is C14H24N2O4. The predicted molar refractivity (Wildman–Crippen MR) is 73.5 cm³/mol. The molecule has 2 aliphatic heterocycles. The van der Waals surface area contributed by atoms with E-state index < -0.39 is 12.0 Å². The summed E-state index contributed by atoms with van der Waals surface area (Å²) < 4.78 is 5.29. The zero-order valence-corrected chi connectivity index (χ0v) is 11.8. The van der Waals surface area contributed by atoms with Crippen molar-refractivity contribution in [3.63, 3.8) is 0 Å². The predicted octanol–water partition coefficient (Wildman–Crippen LogP) is 1.45. The molecule has 0 spiro atoms. The highest BCUT2D eigenvalue weighted by Gasteiger charge is 2.30. The van der Waals surface area contributed by atoms with Crippen molar-refractivity contribution >= 4 is 12.0 Å². The molecular weight excluding hydrogens is 260 g/mol. The molecule has 2 aliphatic rings. The summed E-state index contributed by atoms with van der Waals surface area (Å²) in [5.41, 5.74) is 0. The lowest BCUT2D eigenvalue weighted by molar-refractivity contribution is -0.142. The van der Waals surface area contributed by atoms with E-state index in [0.717, 1.165) is 45.3 Å². The molecule has 0 aromatic heterocycles. The Morgan fingerprint density at radius 1 is 1.15 bits per heavy atom. The maximum atomic E-state index is 12.2. The van der Waals surface area contributed by atoms with E-state index in [1.165, 1.54) is 4.90 Å². The maximum absolute atomic E-state index is 12.2. The van der Waals surface area contributed by atoms with Gasteiger partial charge in [-0.25, -0.2) is 9.59 Å². The molecule has 2 heterocycles. The molecule has 2 rings (SSSR count). The molecule has 6 nitrogen and oxygen atoms in total. The Kier molecular flexibility index (Phi) is 5.64. The fourth-order valence-electron chi connectivity index (χ4n) is 2.89. The van der Waals surface area contributed by atoms with Gasteiger partial charge in [0, 0.05) is 26.3 Å². The largest absolute Gasteiger partial charge is 0.480 e. The minimum atomic E-state index is -0.895. The molecule has 2 fully saturated rings. The molecule has 0 aromatic rings. The number of likely N-dealkylation sites (tertiary alicyclic amines) is 1. The highest BCUT2D eigenvalue weighted by Crippen LogP contribution is 2.18. The van der Waals surface area contributed by atoms with E-state index in [9.17, 15) is 14.7 Å². The first kappa shape index (κ1) is 15.1. The Bertz CT molecular complexity index is 342. The lowest BCUT2D eigenvalue weighted by Gasteiger charge is -2.29. The van der Waals surface area contributed by atoms with Crippen LogP contribution in [0.3, 0.4) is 0 Å². The van der Waals surface area contributed by atoms with Gasteiger partial charge < -0.3 is 20.1 Å². The monoisotopic (exact) mass is 284 g/mol. The lowest BCUT2D eigenvalue weighted by atomic mass is 10.0. The van der Waals surface area contributed by atoms with Crippen molar-refractivity contribution < 1.29 is 19.4 Å². The van der Waals surface area contributed by atoms with Gasteiger partial charge in [-0.15, -0.1) is 0 Å². The molecule has 6 heteroatoms. The van der Waals surface area contributed by atoms with E-state index in [1.54, 1.807) is 0 Å². The highest BCUT2D eigenvalue weighted by molar-refractivity contribution is 5.82. The van der Waals surface area contributed by atoms with Crippen LogP contribution in [0.25, 0.3) is 0 Å². The van der Waals surface area contributed by atoms with Crippen LogP contribution in [0.2, 0.25) is 0 Å². The summed E-state index contributed by atoms with van der Waals surface area (Å²) in [6.07, 6.45) is 5.23. The first-order chi connectivity index (χ1) is 9.68. The number of rotatable bonds is 3. The Labute approximate surface area is 119 Å². The second-order valence-corrected chi connectivity index (χ2v) is 5.64. The van der Waals surface area contributed by atoms with Gasteiger partial charge in [-0.2, -0.15) is 0 Å². The zero-order valence-electron chi connectivity index (χ0n) is 11.8. The molecule has 2 N–H and O–H groups in total. The van der Waals surface area contributed by atoms with Gasteiger partial charge in [-0.1, -0.05) is 12.8 Å². The van der Waals surface area contributed by atoms with Gasteiger partial charge >= 0.3 is 12.0 Å². The minimum Gasteiger partial charge on any atom is -0.480 e. The number of carboxylic acids is 1. The molecule has 20 heavy (non-hydrogen) atoms. The third-order valence-electron chi connectivity index (χ3n) is 4.18. The molecule has 2 saturated heterocycles. The first-order valence-corrected chi connectivity index (χ1v) is 7.53. The van der Waals surface area contributed by atoms with Crippen molar-refractivity contribution in [1.29, 1.82) is 0 Å². The van der Waals surface area contributed by atoms with Gasteiger partial charge in [0.15, 0.2) is 0 Å². The van der Waals surface area contributed by atoms with Crippen LogP contribution in [-0.2, 0) is 9.53 Å². The summed E-state index contributed by atoms with van der Waals surface area (Å²) in [5, 5.41) is 12.2. The van der Waals surface area contributed by atoms with Crippen LogP contribution in [0.15, 0.2) is 0 Å². The van der Waals surface area contributed by atoms with Crippen LogP contribution in [0, 0.1) is 5.92 Å². The Hall–Kier alpha value is -1.30. The first-order valence-electron chi connectivity index (χ1n) is 7.53. The second-order valence-electron chi connectivity index (χ2n) is 5.64. The quantitative estimate of drug-likeness (QED) is 0.822. The molecule has 0 aromatic carbocycles. The van der Waals surface area contributed by atoms with E-state index in [2.05, 4.69) is 5.32 Å². The topological polar surface area (TPSA) is 78.9 Å². The number of carboxylic acid groups (broad SMARTS) is 1. The fraction of sp³-hybridized carbons (Fsp3) is 0.857. The summed E-state index contributed by atoms with van der Waals surface area (Å²) in [7, 11) is 0. The van der Waals surface area contributed by atoms with E-state index >= 15 is 0 Å². The number of carbonyl (C=O) groups is 2. The van der Waals surface area contributed by atoms with Gasteiger partial charge in [0.05, 0.1) is 0 Å². The van der Waals surface area contributed by atoms with Crippen LogP contribution in [-0.4, -0.2) is 54.4 Å². The smallest absolute Gasteiger partial charge is 0.326 e. The number of nitrogens with one attached hydrogen (secondary N) is 1. The average Bonchev–Trinajstić information content (AvgIpc) is 2.71. The maximum Gasteiger partial charge on any atom is 0.326 e. The summed E-state index contributed by atoms with van der Waals surface area (Å²) in [6.45, 7) is 2.66. The van der Waals surface area contributed by atoms with Crippen molar-refractivity contribution in [3.05, 3.63) is 0 Å². The van der Waals surface area contributed by atoms with Crippen LogP contribution < -0.4 is 5.32 Å². The van der Waals surface area contributed by atoms with Crippen LogP contribution >= 0.6 is 0 Å². The summed E-state index contributed by atoms with van der Waals surface area (Å²) in [4.78, 5) is 25.0. The normalized spacial score (nSPS) is 25.0. The van der Waals surface area contributed by atoms with Crippen LogP contribution in [0.4, 0.5) is 4.79 Å². The van der Waals surface area contributed by atoms with E-state index in [0.29, 0.717) is 25.4 Å². The van der Waals surface area contributed by atoms with Gasteiger partial charge in [0.25, 0.3) is 0 Å². The minimum absolute atomic E-state index is 0.231. The van der Waals surface area contributed by atoms with E-state index in [-0.39, 0.29) is 6.03 Å². The Morgan fingerprint density at radius 2 is 1.90 bits per heavy atom. The molecule has 0 aliphatic carbocycles. The summed E-state index contributed by atoms with van der Waals surface area (Å²) in [6, 6.07) is -0.905. The fourth-order valence-corrected chi connectivity index (χ4v) is 2.89. The number of hydrogen-bond donors (Lipinski definition) is 2. The van der Waals surface area contributed by atoms with Crippen molar-refractivity contribution in [2.24, 2.45) is 5.92 Å². The SMILES string of the molecule is O=C(O)C1CCCCCN1C(=O)NCC1CCOCC1. The third kappa shape index (κ3) is 4.10.